The Balaban J connectivity index is 2.03. The van der Waals surface area contributed by atoms with Crippen molar-refractivity contribution in [2.45, 2.75) is 62.9 Å². The summed E-state index contributed by atoms with van der Waals surface area (Å²) in [4.78, 5) is 34.1. The van der Waals surface area contributed by atoms with E-state index in [1.54, 1.807) is 17.0 Å². The number of morpholine rings is 1. The Labute approximate surface area is 158 Å². The highest BCUT2D eigenvalue weighted by Crippen LogP contribution is 2.52. The van der Waals surface area contributed by atoms with Crippen molar-refractivity contribution in [1.29, 1.82) is 0 Å². The maximum Gasteiger partial charge on any atom is 0.337 e. The molecule has 0 spiro atoms. The maximum atomic E-state index is 13.1. The van der Waals surface area contributed by atoms with Crippen molar-refractivity contribution >= 4 is 25.1 Å². The van der Waals surface area contributed by atoms with E-state index in [1.165, 1.54) is 0 Å². The number of carbonyl (C=O) groups is 1. The van der Waals surface area contributed by atoms with Crippen LogP contribution < -0.4 is 0 Å². The van der Waals surface area contributed by atoms with E-state index in [0.717, 1.165) is 18.4 Å². The Morgan fingerprint density at radius 1 is 1.23 bits per heavy atom. The van der Waals surface area contributed by atoms with Crippen LogP contribution in [0.25, 0.3) is 0 Å². The number of ether oxygens (including phenoxy) is 1. The van der Waals surface area contributed by atoms with E-state index in [-0.39, 0.29) is 18.5 Å². The van der Waals surface area contributed by atoms with Gasteiger partial charge in [0.25, 0.3) is 0 Å². The van der Waals surface area contributed by atoms with Crippen LogP contribution in [0.5, 0.6) is 0 Å². The molecule has 2 aliphatic heterocycles. The second-order valence-electron chi connectivity index (χ2n) is 7.09. The van der Waals surface area contributed by atoms with Gasteiger partial charge in [-0.15, -0.1) is 0 Å². The fourth-order valence-corrected chi connectivity index (χ4v) is 5.42. The number of fused-ring (bicyclic) bond motifs is 1. The molecular weight excluding hydrogens is 377 g/mol. The number of hydrogen-bond acceptors (Lipinski definition) is 3. The lowest BCUT2D eigenvalue weighted by Gasteiger charge is -2.56. The lowest BCUT2D eigenvalue weighted by molar-refractivity contribution is -0.195. The third-order valence-corrected chi connectivity index (χ3v) is 7.46. The number of hydrogen-bond donors (Lipinski definition) is 2. The van der Waals surface area contributed by atoms with Gasteiger partial charge in [0.2, 0.25) is 5.91 Å². The number of benzene rings is 1. The van der Waals surface area contributed by atoms with Crippen molar-refractivity contribution in [2.24, 2.45) is 0 Å². The molecule has 2 N–H and O–H groups in total. The van der Waals surface area contributed by atoms with Gasteiger partial charge in [-0.2, -0.15) is 0 Å². The number of halogens is 1. The molecule has 0 aromatic heterocycles. The molecule has 1 aromatic carbocycles. The first-order valence-corrected chi connectivity index (χ1v) is 11.1. The van der Waals surface area contributed by atoms with Gasteiger partial charge in [0.15, 0.2) is 0 Å². The normalized spacial score (nSPS) is 28.7. The molecular formula is C18H25ClNO5P. The molecule has 1 amide bonds. The molecule has 2 aliphatic rings. The first-order valence-electron chi connectivity index (χ1n) is 9.00. The summed E-state index contributed by atoms with van der Waals surface area (Å²) >= 11 is 5.98. The lowest BCUT2D eigenvalue weighted by atomic mass is 9.78. The van der Waals surface area contributed by atoms with Crippen LogP contribution in [-0.4, -0.2) is 44.5 Å². The molecule has 3 rings (SSSR count). The summed E-state index contributed by atoms with van der Waals surface area (Å²) in [6, 6.07) is 6.62. The monoisotopic (exact) mass is 401 g/mol. The molecule has 26 heavy (non-hydrogen) atoms. The van der Waals surface area contributed by atoms with E-state index >= 15 is 0 Å². The molecule has 0 saturated carbocycles. The van der Waals surface area contributed by atoms with Crippen molar-refractivity contribution in [3.05, 3.63) is 34.9 Å². The SMILES string of the molecule is CCC1(CC)OC[C@@H](c2ccc(Cl)cc2)N2C(=O)C(P(=O)(O)O)CC[C@H]21. The van der Waals surface area contributed by atoms with Crippen LogP contribution in [0, 0.1) is 0 Å². The molecule has 6 nitrogen and oxygen atoms in total. The van der Waals surface area contributed by atoms with Gasteiger partial charge in [-0.05, 0) is 43.4 Å². The van der Waals surface area contributed by atoms with Crippen molar-refractivity contribution in [3.63, 3.8) is 0 Å². The van der Waals surface area contributed by atoms with Crippen LogP contribution in [0.3, 0.4) is 0 Å². The molecule has 1 unspecified atom stereocenters. The standard InChI is InChI=1S/C18H25ClNO5P/c1-3-18(4-2)16-10-9-15(26(22,23)24)17(21)20(16)14(11-25-18)12-5-7-13(19)8-6-12/h5-8,14-16H,3-4,9-11H2,1-2H3,(H2,22,23,24)/t14-,15?,16-/m0/s1. The van der Waals surface area contributed by atoms with E-state index in [0.29, 0.717) is 18.1 Å². The van der Waals surface area contributed by atoms with Crippen LogP contribution in [-0.2, 0) is 14.1 Å². The molecule has 8 heteroatoms. The minimum Gasteiger partial charge on any atom is -0.370 e. The summed E-state index contributed by atoms with van der Waals surface area (Å²) in [5.41, 5.74) is -0.878. The first kappa shape index (κ1) is 19.8. The third kappa shape index (κ3) is 3.34. The minimum absolute atomic E-state index is 0.183. The van der Waals surface area contributed by atoms with Gasteiger partial charge < -0.3 is 19.4 Å². The molecule has 0 aliphatic carbocycles. The number of carbonyl (C=O) groups excluding carboxylic acids is 1. The van der Waals surface area contributed by atoms with Crippen molar-refractivity contribution in [1.82, 2.24) is 4.90 Å². The van der Waals surface area contributed by atoms with Crippen LogP contribution in [0.2, 0.25) is 5.02 Å². The van der Waals surface area contributed by atoms with E-state index < -0.39 is 24.8 Å². The minimum atomic E-state index is -4.50. The molecule has 2 heterocycles. The number of piperidine rings is 1. The van der Waals surface area contributed by atoms with Crippen molar-refractivity contribution in [3.8, 4) is 0 Å². The van der Waals surface area contributed by atoms with Gasteiger partial charge in [-0.3, -0.25) is 9.36 Å². The molecule has 144 valence electrons. The lowest BCUT2D eigenvalue weighted by Crippen LogP contribution is -2.65. The summed E-state index contributed by atoms with van der Waals surface area (Å²) in [5.74, 6) is -0.468. The second kappa shape index (κ2) is 7.25. The van der Waals surface area contributed by atoms with E-state index in [9.17, 15) is 19.1 Å². The summed E-state index contributed by atoms with van der Waals surface area (Å²) in [6.45, 7) is 4.37. The molecule has 2 saturated heterocycles. The van der Waals surface area contributed by atoms with Gasteiger partial charge in [0.05, 0.1) is 24.3 Å². The fourth-order valence-electron chi connectivity index (χ4n) is 4.39. The van der Waals surface area contributed by atoms with Gasteiger partial charge in [-0.25, -0.2) is 0 Å². The van der Waals surface area contributed by atoms with Gasteiger partial charge in [0.1, 0.15) is 5.66 Å². The van der Waals surface area contributed by atoms with Crippen LogP contribution in [0.4, 0.5) is 0 Å². The van der Waals surface area contributed by atoms with Gasteiger partial charge in [-0.1, -0.05) is 37.6 Å². The summed E-state index contributed by atoms with van der Waals surface area (Å²) < 4.78 is 18.1. The predicted octanol–water partition coefficient (Wildman–Crippen LogP) is 3.51. The zero-order valence-electron chi connectivity index (χ0n) is 15.0. The summed E-state index contributed by atoms with van der Waals surface area (Å²) in [5, 5.41) is 0.594. The Kier molecular flexibility index (Phi) is 5.53. The number of rotatable bonds is 4. The Bertz CT molecular complexity index is 715. The topological polar surface area (TPSA) is 87.1 Å². The largest absolute Gasteiger partial charge is 0.370 e. The quantitative estimate of drug-likeness (QED) is 0.754. The third-order valence-electron chi connectivity index (χ3n) is 5.92. The highest BCUT2D eigenvalue weighted by atomic mass is 35.5. The zero-order valence-corrected chi connectivity index (χ0v) is 16.6. The maximum absolute atomic E-state index is 13.1. The molecule has 2 fully saturated rings. The first-order chi connectivity index (χ1) is 12.2. The highest BCUT2D eigenvalue weighted by Gasteiger charge is 2.55. The second-order valence-corrected chi connectivity index (χ2v) is 9.33. The fraction of sp³-hybridized carbons (Fsp3) is 0.611. The van der Waals surface area contributed by atoms with E-state index in [4.69, 9.17) is 16.3 Å². The van der Waals surface area contributed by atoms with Crippen LogP contribution in [0.15, 0.2) is 24.3 Å². The molecule has 1 aromatic rings. The van der Waals surface area contributed by atoms with Crippen molar-refractivity contribution < 1.29 is 23.9 Å². The molecule has 3 atom stereocenters. The number of amides is 1. The van der Waals surface area contributed by atoms with E-state index in [2.05, 4.69) is 0 Å². The summed E-state index contributed by atoms with van der Waals surface area (Å²) in [7, 11) is -4.50. The summed E-state index contributed by atoms with van der Waals surface area (Å²) in [6.07, 6.45) is 2.19. The van der Waals surface area contributed by atoms with Crippen molar-refractivity contribution in [2.75, 3.05) is 6.61 Å². The average Bonchev–Trinajstić information content (AvgIpc) is 2.61. The average molecular weight is 402 g/mol. The Morgan fingerprint density at radius 3 is 2.38 bits per heavy atom. The van der Waals surface area contributed by atoms with Crippen LogP contribution >= 0.6 is 19.2 Å². The Morgan fingerprint density at radius 2 is 1.85 bits per heavy atom. The predicted molar refractivity (Wildman–Crippen MR) is 99.2 cm³/mol. The Hall–Kier alpha value is -0.910. The molecule has 0 bridgehead atoms. The smallest absolute Gasteiger partial charge is 0.337 e. The number of nitrogens with zero attached hydrogens (tertiary/aromatic N) is 1. The van der Waals surface area contributed by atoms with Gasteiger partial charge >= 0.3 is 7.60 Å². The highest BCUT2D eigenvalue weighted by molar-refractivity contribution is 7.53. The zero-order chi connectivity index (χ0) is 19.1. The van der Waals surface area contributed by atoms with Gasteiger partial charge in [0, 0.05) is 5.02 Å². The van der Waals surface area contributed by atoms with E-state index in [1.807, 2.05) is 26.0 Å². The van der Waals surface area contributed by atoms with Crippen LogP contribution in [0.1, 0.15) is 51.1 Å². The molecule has 0 radical (unpaired) electrons.